The lowest BCUT2D eigenvalue weighted by atomic mass is 9.85. The summed E-state index contributed by atoms with van der Waals surface area (Å²) in [6.45, 7) is 3.09. The number of nitrogens with zero attached hydrogens (tertiary/aromatic N) is 1. The van der Waals surface area contributed by atoms with Crippen LogP contribution in [0.15, 0.2) is 0 Å². The van der Waals surface area contributed by atoms with Crippen molar-refractivity contribution in [3.05, 3.63) is 0 Å². The predicted octanol–water partition coefficient (Wildman–Crippen LogP) is 1.73. The van der Waals surface area contributed by atoms with E-state index in [0.717, 1.165) is 25.6 Å². The Kier molecular flexibility index (Phi) is 7.01. The number of ether oxygens (including phenoxy) is 1. The SMILES string of the molecule is CNCCC1CCC(OCCN(C)C)CC1. The molecule has 96 valence electrons. The third kappa shape index (κ3) is 5.83. The zero-order valence-electron chi connectivity index (χ0n) is 11.2. The summed E-state index contributed by atoms with van der Waals surface area (Å²) in [6.07, 6.45) is 7.11. The first-order chi connectivity index (χ1) is 7.72. The van der Waals surface area contributed by atoms with Crippen molar-refractivity contribution in [1.82, 2.24) is 10.2 Å². The second-order valence-corrected chi connectivity index (χ2v) is 5.21. The Balaban J connectivity index is 2.03. The molecule has 16 heavy (non-hydrogen) atoms. The molecule has 3 nitrogen and oxygen atoms in total. The normalized spacial score (nSPS) is 26.2. The molecule has 0 radical (unpaired) electrons. The number of hydrogen-bond donors (Lipinski definition) is 1. The van der Waals surface area contributed by atoms with Crippen LogP contribution in [-0.2, 0) is 4.74 Å². The fraction of sp³-hybridized carbons (Fsp3) is 1.00. The zero-order valence-corrected chi connectivity index (χ0v) is 11.2. The second-order valence-electron chi connectivity index (χ2n) is 5.21. The van der Waals surface area contributed by atoms with Gasteiger partial charge in [-0.05, 0) is 65.7 Å². The molecule has 1 rings (SSSR count). The summed E-state index contributed by atoms with van der Waals surface area (Å²) in [6, 6.07) is 0. The van der Waals surface area contributed by atoms with Gasteiger partial charge in [-0.25, -0.2) is 0 Å². The van der Waals surface area contributed by atoms with Crippen LogP contribution in [0.2, 0.25) is 0 Å². The van der Waals surface area contributed by atoms with Crippen molar-refractivity contribution < 1.29 is 4.74 Å². The lowest BCUT2D eigenvalue weighted by Gasteiger charge is -2.28. The molecule has 0 aromatic carbocycles. The van der Waals surface area contributed by atoms with Crippen LogP contribution in [0.1, 0.15) is 32.1 Å². The fourth-order valence-corrected chi connectivity index (χ4v) is 2.34. The minimum absolute atomic E-state index is 0.533. The monoisotopic (exact) mass is 228 g/mol. The quantitative estimate of drug-likeness (QED) is 0.718. The Morgan fingerprint density at radius 3 is 2.44 bits per heavy atom. The maximum atomic E-state index is 5.89. The topological polar surface area (TPSA) is 24.5 Å². The van der Waals surface area contributed by atoms with Crippen molar-refractivity contribution in [3.63, 3.8) is 0 Å². The van der Waals surface area contributed by atoms with Gasteiger partial charge in [-0.1, -0.05) is 0 Å². The van der Waals surface area contributed by atoms with E-state index < -0.39 is 0 Å². The van der Waals surface area contributed by atoms with Crippen LogP contribution in [0, 0.1) is 5.92 Å². The number of rotatable bonds is 7. The van der Waals surface area contributed by atoms with E-state index in [0.29, 0.717) is 6.10 Å². The maximum absolute atomic E-state index is 5.89. The first kappa shape index (κ1) is 13.9. The van der Waals surface area contributed by atoms with Gasteiger partial charge in [-0.3, -0.25) is 0 Å². The molecule has 1 N–H and O–H groups in total. The lowest BCUT2D eigenvalue weighted by Crippen LogP contribution is -2.27. The molecular formula is C13H28N2O. The van der Waals surface area contributed by atoms with E-state index in [1.54, 1.807) is 0 Å². The number of likely N-dealkylation sites (N-methyl/N-ethyl adjacent to an activating group) is 1. The van der Waals surface area contributed by atoms with Gasteiger partial charge in [0.25, 0.3) is 0 Å². The Morgan fingerprint density at radius 2 is 1.88 bits per heavy atom. The van der Waals surface area contributed by atoms with Gasteiger partial charge < -0.3 is 15.0 Å². The van der Waals surface area contributed by atoms with Crippen molar-refractivity contribution in [2.75, 3.05) is 40.8 Å². The largest absolute Gasteiger partial charge is 0.377 e. The molecule has 0 bridgehead atoms. The standard InChI is InChI=1S/C13H28N2O/c1-14-9-8-12-4-6-13(7-5-12)16-11-10-15(2)3/h12-14H,4-11H2,1-3H3. The highest BCUT2D eigenvalue weighted by Crippen LogP contribution is 2.28. The van der Waals surface area contributed by atoms with E-state index in [9.17, 15) is 0 Å². The van der Waals surface area contributed by atoms with Gasteiger partial charge in [0.15, 0.2) is 0 Å². The third-order valence-corrected chi connectivity index (χ3v) is 3.49. The van der Waals surface area contributed by atoms with E-state index in [1.807, 2.05) is 7.05 Å². The van der Waals surface area contributed by atoms with Gasteiger partial charge in [0.05, 0.1) is 12.7 Å². The van der Waals surface area contributed by atoms with Gasteiger partial charge in [-0.2, -0.15) is 0 Å². The summed E-state index contributed by atoms with van der Waals surface area (Å²) in [5, 5.41) is 3.24. The van der Waals surface area contributed by atoms with Crippen molar-refractivity contribution >= 4 is 0 Å². The molecule has 0 amide bonds. The van der Waals surface area contributed by atoms with Crippen LogP contribution in [0.4, 0.5) is 0 Å². The highest BCUT2D eigenvalue weighted by molar-refractivity contribution is 4.73. The molecule has 1 aliphatic carbocycles. The minimum Gasteiger partial charge on any atom is -0.377 e. The molecule has 1 saturated carbocycles. The molecule has 0 unspecified atom stereocenters. The van der Waals surface area contributed by atoms with Crippen LogP contribution >= 0.6 is 0 Å². The molecule has 0 aromatic rings. The first-order valence-corrected chi connectivity index (χ1v) is 6.63. The third-order valence-electron chi connectivity index (χ3n) is 3.49. The average molecular weight is 228 g/mol. The van der Waals surface area contributed by atoms with Gasteiger partial charge in [-0.15, -0.1) is 0 Å². The molecule has 0 aromatic heterocycles. The minimum atomic E-state index is 0.533. The molecule has 1 aliphatic rings. The van der Waals surface area contributed by atoms with Crippen molar-refractivity contribution in [2.24, 2.45) is 5.92 Å². The maximum Gasteiger partial charge on any atom is 0.0596 e. The average Bonchev–Trinajstić information content (AvgIpc) is 2.27. The van der Waals surface area contributed by atoms with Crippen molar-refractivity contribution in [2.45, 2.75) is 38.2 Å². The summed E-state index contributed by atoms with van der Waals surface area (Å²) in [5.41, 5.74) is 0. The highest BCUT2D eigenvalue weighted by Gasteiger charge is 2.20. The Morgan fingerprint density at radius 1 is 1.19 bits per heavy atom. The van der Waals surface area contributed by atoms with E-state index in [1.165, 1.54) is 32.1 Å². The Hall–Kier alpha value is -0.120. The van der Waals surface area contributed by atoms with E-state index in [2.05, 4.69) is 24.3 Å². The zero-order chi connectivity index (χ0) is 11.8. The van der Waals surface area contributed by atoms with Crippen LogP contribution in [0.25, 0.3) is 0 Å². The second kappa shape index (κ2) is 8.04. The van der Waals surface area contributed by atoms with E-state index in [4.69, 9.17) is 4.74 Å². The van der Waals surface area contributed by atoms with E-state index >= 15 is 0 Å². The van der Waals surface area contributed by atoms with Crippen LogP contribution in [0.5, 0.6) is 0 Å². The lowest BCUT2D eigenvalue weighted by molar-refractivity contribution is 0.0112. The highest BCUT2D eigenvalue weighted by atomic mass is 16.5. The molecule has 1 fully saturated rings. The van der Waals surface area contributed by atoms with Gasteiger partial charge >= 0.3 is 0 Å². The Labute approximate surface area is 101 Å². The molecule has 0 aliphatic heterocycles. The number of nitrogens with one attached hydrogen (secondary N) is 1. The summed E-state index contributed by atoms with van der Waals surface area (Å²) in [7, 11) is 6.23. The molecule has 0 heterocycles. The van der Waals surface area contributed by atoms with Crippen LogP contribution in [0.3, 0.4) is 0 Å². The van der Waals surface area contributed by atoms with Crippen LogP contribution < -0.4 is 5.32 Å². The summed E-state index contributed by atoms with van der Waals surface area (Å²) < 4.78 is 5.89. The summed E-state index contributed by atoms with van der Waals surface area (Å²) >= 11 is 0. The molecule has 3 heteroatoms. The molecular weight excluding hydrogens is 200 g/mol. The molecule has 0 saturated heterocycles. The smallest absolute Gasteiger partial charge is 0.0596 e. The predicted molar refractivity (Wildman–Crippen MR) is 68.8 cm³/mol. The summed E-state index contributed by atoms with van der Waals surface area (Å²) in [4.78, 5) is 2.18. The van der Waals surface area contributed by atoms with Gasteiger partial charge in [0.2, 0.25) is 0 Å². The van der Waals surface area contributed by atoms with Crippen LogP contribution in [-0.4, -0.2) is 51.8 Å². The fourth-order valence-electron chi connectivity index (χ4n) is 2.34. The van der Waals surface area contributed by atoms with Crippen molar-refractivity contribution in [1.29, 1.82) is 0 Å². The van der Waals surface area contributed by atoms with Crippen molar-refractivity contribution in [3.8, 4) is 0 Å². The van der Waals surface area contributed by atoms with Gasteiger partial charge in [0.1, 0.15) is 0 Å². The Bertz CT molecular complexity index is 165. The van der Waals surface area contributed by atoms with Gasteiger partial charge in [0, 0.05) is 6.54 Å². The molecule has 0 atom stereocenters. The molecule has 0 spiro atoms. The number of hydrogen-bond acceptors (Lipinski definition) is 3. The van der Waals surface area contributed by atoms with E-state index in [-0.39, 0.29) is 0 Å². The first-order valence-electron chi connectivity index (χ1n) is 6.63. The summed E-state index contributed by atoms with van der Waals surface area (Å²) in [5.74, 6) is 0.932.